The van der Waals surface area contributed by atoms with Crippen molar-refractivity contribution in [2.45, 2.75) is 51.2 Å². The molecule has 43 heavy (non-hydrogen) atoms. The fourth-order valence-corrected chi connectivity index (χ4v) is 4.78. The second kappa shape index (κ2) is 15.4. The van der Waals surface area contributed by atoms with Crippen molar-refractivity contribution in [1.82, 2.24) is 15.2 Å². The molecule has 2 amide bonds. The van der Waals surface area contributed by atoms with E-state index in [0.717, 1.165) is 37.6 Å². The van der Waals surface area contributed by atoms with Gasteiger partial charge in [0.15, 0.2) is 0 Å². The molecule has 4 rings (SSSR count). The molecular formula is C30H34ClF2N5O5. The number of carbonyl (C=O) groups excluding carboxylic acids is 2. The van der Waals surface area contributed by atoms with Gasteiger partial charge in [-0.05, 0) is 68.2 Å². The van der Waals surface area contributed by atoms with Gasteiger partial charge >= 0.3 is 5.97 Å². The molecule has 1 aliphatic heterocycles. The van der Waals surface area contributed by atoms with Gasteiger partial charge in [0.25, 0.3) is 5.91 Å². The van der Waals surface area contributed by atoms with E-state index < -0.39 is 41.0 Å². The summed E-state index contributed by atoms with van der Waals surface area (Å²) in [5.41, 5.74) is 5.54. The first-order chi connectivity index (χ1) is 20.1. The summed E-state index contributed by atoms with van der Waals surface area (Å²) in [6, 6.07) is 10.7. The first-order valence-electron chi connectivity index (χ1n) is 13.7. The topological polar surface area (TPSA) is 147 Å². The van der Waals surface area contributed by atoms with Crippen LogP contribution in [-0.2, 0) is 11.3 Å². The van der Waals surface area contributed by atoms with Crippen LogP contribution < -0.4 is 21.1 Å². The van der Waals surface area contributed by atoms with E-state index in [1.54, 1.807) is 24.4 Å². The van der Waals surface area contributed by atoms with Crippen molar-refractivity contribution in [2.24, 2.45) is 5.73 Å². The van der Waals surface area contributed by atoms with Crippen molar-refractivity contribution < 1.29 is 33.0 Å². The number of ether oxygens (including phenoxy) is 1. The largest absolute Gasteiger partial charge is 0.478 e. The maximum absolute atomic E-state index is 14.3. The van der Waals surface area contributed by atoms with E-state index in [9.17, 15) is 23.2 Å². The lowest BCUT2D eigenvalue weighted by atomic mass is 10.0. The molecule has 1 fully saturated rings. The van der Waals surface area contributed by atoms with Crippen LogP contribution in [0.5, 0.6) is 11.6 Å². The van der Waals surface area contributed by atoms with E-state index in [4.69, 9.17) is 15.6 Å². The first-order valence-corrected chi connectivity index (χ1v) is 13.7. The third kappa shape index (κ3) is 9.18. The maximum atomic E-state index is 14.3. The zero-order chi connectivity index (χ0) is 30.2. The zero-order valence-electron chi connectivity index (χ0n) is 23.5. The third-order valence-electron chi connectivity index (χ3n) is 7.03. The minimum Gasteiger partial charge on any atom is -0.478 e. The van der Waals surface area contributed by atoms with E-state index in [1.807, 2.05) is 13.0 Å². The molecule has 1 aromatic heterocycles. The molecule has 0 radical (unpaired) electrons. The number of anilines is 1. The smallest absolute Gasteiger partial charge is 0.335 e. The molecule has 230 valence electrons. The number of aromatic carboxylic acids is 1. The molecule has 1 unspecified atom stereocenters. The van der Waals surface area contributed by atoms with Gasteiger partial charge in [-0.15, -0.1) is 12.4 Å². The molecule has 1 saturated heterocycles. The number of hydrogen-bond acceptors (Lipinski definition) is 7. The fraction of sp³-hybridized carbons (Fsp3) is 0.333. The summed E-state index contributed by atoms with van der Waals surface area (Å²) in [7, 11) is 0. The number of hydrogen-bond donors (Lipinski definition) is 4. The highest BCUT2D eigenvalue weighted by Crippen LogP contribution is 2.23. The molecule has 2 heterocycles. The standard InChI is InChI=1S/C30H33F2N5O5.ClH/c1-2-3-25(29(39)36-26-14-22(28(33)38)23(31)15-24(26)32)35-20-10-12-37(13-11-20)17-18-4-9-27(34-16-18)42-21-7-5-19(6-8-21)30(40)41;/h4-9,14-16,20,25,35H,2-3,10-13,17H2,1H3,(H2,33,38)(H,36,39)(H,40,41);1H. The number of nitrogens with zero attached hydrogens (tertiary/aromatic N) is 2. The minimum absolute atomic E-state index is 0. The van der Waals surface area contributed by atoms with E-state index in [2.05, 4.69) is 20.5 Å². The summed E-state index contributed by atoms with van der Waals surface area (Å²) in [5.74, 6) is -3.71. The number of amides is 2. The van der Waals surface area contributed by atoms with Crippen molar-refractivity contribution in [1.29, 1.82) is 0 Å². The predicted molar refractivity (Wildman–Crippen MR) is 159 cm³/mol. The van der Waals surface area contributed by atoms with Gasteiger partial charge in [0.05, 0.1) is 22.9 Å². The number of pyridine rings is 1. The van der Waals surface area contributed by atoms with E-state index in [1.165, 1.54) is 12.1 Å². The number of piperidine rings is 1. The molecule has 1 atom stereocenters. The van der Waals surface area contributed by atoms with Crippen LogP contribution in [0.1, 0.15) is 58.9 Å². The molecule has 10 nitrogen and oxygen atoms in total. The SMILES string of the molecule is CCCC(NC1CCN(Cc2ccc(Oc3ccc(C(=O)O)cc3)nc2)CC1)C(=O)Nc1cc(C(N)=O)c(F)cc1F.Cl. The quantitative estimate of drug-likeness (QED) is 0.228. The van der Waals surface area contributed by atoms with Gasteiger partial charge in [-0.25, -0.2) is 18.6 Å². The van der Waals surface area contributed by atoms with Crippen molar-refractivity contribution >= 4 is 35.9 Å². The lowest BCUT2D eigenvalue weighted by Gasteiger charge is -2.34. The normalized spacial score (nSPS) is 14.4. The summed E-state index contributed by atoms with van der Waals surface area (Å²) >= 11 is 0. The molecule has 2 aromatic carbocycles. The van der Waals surface area contributed by atoms with Crippen LogP contribution in [0.15, 0.2) is 54.7 Å². The van der Waals surface area contributed by atoms with Gasteiger partial charge < -0.3 is 26.2 Å². The molecule has 0 saturated carbocycles. The second-order valence-corrected chi connectivity index (χ2v) is 10.2. The Balaban J connectivity index is 0.00000506. The van der Waals surface area contributed by atoms with Gasteiger partial charge in [0.2, 0.25) is 11.8 Å². The lowest BCUT2D eigenvalue weighted by Crippen LogP contribution is -2.50. The molecule has 0 aliphatic carbocycles. The van der Waals surface area contributed by atoms with Crippen LogP contribution >= 0.6 is 12.4 Å². The van der Waals surface area contributed by atoms with Crippen molar-refractivity contribution in [3.63, 3.8) is 0 Å². The number of carboxylic acid groups (broad SMARTS) is 1. The van der Waals surface area contributed by atoms with Crippen molar-refractivity contribution in [2.75, 3.05) is 18.4 Å². The number of halogens is 3. The average molecular weight is 618 g/mol. The third-order valence-corrected chi connectivity index (χ3v) is 7.03. The van der Waals surface area contributed by atoms with Crippen LogP contribution in [0.2, 0.25) is 0 Å². The number of likely N-dealkylation sites (tertiary alicyclic amines) is 1. The molecule has 13 heteroatoms. The average Bonchev–Trinajstić information content (AvgIpc) is 2.96. The lowest BCUT2D eigenvalue weighted by molar-refractivity contribution is -0.118. The Morgan fingerprint density at radius 1 is 1.09 bits per heavy atom. The Morgan fingerprint density at radius 3 is 2.37 bits per heavy atom. The highest BCUT2D eigenvalue weighted by Gasteiger charge is 2.26. The number of carboxylic acids is 1. The molecule has 0 bridgehead atoms. The van der Waals surface area contributed by atoms with Crippen molar-refractivity contribution in [3.8, 4) is 11.6 Å². The molecule has 1 aliphatic rings. The molecule has 5 N–H and O–H groups in total. The maximum Gasteiger partial charge on any atom is 0.335 e. The van der Waals surface area contributed by atoms with Crippen LogP contribution in [0, 0.1) is 11.6 Å². The monoisotopic (exact) mass is 617 g/mol. The van der Waals surface area contributed by atoms with Crippen LogP contribution in [0.4, 0.5) is 14.5 Å². The van der Waals surface area contributed by atoms with Crippen LogP contribution in [0.25, 0.3) is 0 Å². The van der Waals surface area contributed by atoms with Gasteiger partial charge in [-0.1, -0.05) is 19.4 Å². The summed E-state index contributed by atoms with van der Waals surface area (Å²) in [6.07, 6.45) is 4.56. The number of benzene rings is 2. The first kappa shape index (κ1) is 33.4. The summed E-state index contributed by atoms with van der Waals surface area (Å²) < 4.78 is 33.8. The Morgan fingerprint density at radius 2 is 1.79 bits per heavy atom. The van der Waals surface area contributed by atoms with E-state index >= 15 is 0 Å². The van der Waals surface area contributed by atoms with Gasteiger partial charge in [0, 0.05) is 30.9 Å². The number of rotatable bonds is 12. The Labute approximate surface area is 254 Å². The van der Waals surface area contributed by atoms with Crippen LogP contribution in [-0.4, -0.2) is 57.9 Å². The molecule has 0 spiro atoms. The number of carbonyl (C=O) groups is 3. The predicted octanol–water partition coefficient (Wildman–Crippen LogP) is 4.73. The Kier molecular flexibility index (Phi) is 11.9. The fourth-order valence-electron chi connectivity index (χ4n) is 4.78. The Bertz CT molecular complexity index is 1420. The number of nitrogens with one attached hydrogen (secondary N) is 2. The van der Waals surface area contributed by atoms with E-state index in [0.29, 0.717) is 37.1 Å². The van der Waals surface area contributed by atoms with Crippen LogP contribution in [0.3, 0.4) is 0 Å². The Hall–Kier alpha value is -4.13. The summed E-state index contributed by atoms with van der Waals surface area (Å²) in [5, 5.41) is 14.9. The number of nitrogens with two attached hydrogens (primary N) is 1. The minimum atomic E-state index is -1.09. The van der Waals surface area contributed by atoms with Gasteiger partial charge in [-0.3, -0.25) is 14.5 Å². The highest BCUT2D eigenvalue weighted by atomic mass is 35.5. The molecular weight excluding hydrogens is 584 g/mol. The number of aromatic nitrogens is 1. The zero-order valence-corrected chi connectivity index (χ0v) is 24.3. The highest BCUT2D eigenvalue weighted by molar-refractivity contribution is 5.98. The molecule has 3 aromatic rings. The summed E-state index contributed by atoms with van der Waals surface area (Å²) in [4.78, 5) is 42.0. The van der Waals surface area contributed by atoms with Gasteiger partial charge in [0.1, 0.15) is 17.4 Å². The second-order valence-electron chi connectivity index (χ2n) is 10.2. The van der Waals surface area contributed by atoms with Crippen molar-refractivity contribution in [3.05, 3.63) is 83.1 Å². The van der Waals surface area contributed by atoms with Gasteiger partial charge in [-0.2, -0.15) is 0 Å². The number of primary amides is 1. The van der Waals surface area contributed by atoms with E-state index in [-0.39, 0.29) is 29.7 Å². The summed E-state index contributed by atoms with van der Waals surface area (Å²) in [6.45, 7) is 4.22.